The van der Waals surface area contributed by atoms with Crippen molar-refractivity contribution in [1.29, 1.82) is 0 Å². The molecule has 0 radical (unpaired) electrons. The molecule has 4 atom stereocenters. The average Bonchev–Trinajstić information content (AvgIpc) is 3.32. The van der Waals surface area contributed by atoms with Crippen LogP contribution in [0.25, 0.3) is 0 Å². The van der Waals surface area contributed by atoms with Gasteiger partial charge in [0.2, 0.25) is 11.8 Å². The van der Waals surface area contributed by atoms with Crippen LogP contribution in [0.15, 0.2) is 0 Å². The largest absolute Gasteiger partial charge is 0.480 e. The molecule has 0 unspecified atom stereocenters. The van der Waals surface area contributed by atoms with Crippen LogP contribution in [-0.2, 0) is 19.2 Å². The van der Waals surface area contributed by atoms with Crippen molar-refractivity contribution in [3.63, 3.8) is 0 Å². The fourth-order valence-electron chi connectivity index (χ4n) is 3.58. The number of carbonyl (C=O) groups is 4. The van der Waals surface area contributed by atoms with E-state index >= 15 is 0 Å². The normalized spacial score (nSPS) is 24.2. The molecule has 10 heteroatoms. The maximum absolute atomic E-state index is 12.5. The average molecular weight is 433 g/mol. The Morgan fingerprint density at radius 3 is 1.50 bits per heavy atom. The van der Waals surface area contributed by atoms with E-state index in [1.807, 2.05) is 0 Å². The summed E-state index contributed by atoms with van der Waals surface area (Å²) >= 11 is 0. The van der Waals surface area contributed by atoms with Gasteiger partial charge in [-0.1, -0.05) is 35.4 Å². The van der Waals surface area contributed by atoms with Gasteiger partial charge in [0, 0.05) is 36.4 Å². The van der Waals surface area contributed by atoms with E-state index in [-0.39, 0.29) is 23.7 Å². The van der Waals surface area contributed by atoms with Gasteiger partial charge in [0.05, 0.1) is 0 Å². The molecule has 0 spiro atoms. The Labute approximate surface area is 172 Å². The summed E-state index contributed by atoms with van der Waals surface area (Å²) in [6, 6.07) is -1.43. The highest BCUT2D eigenvalue weighted by atomic mass is 33.1. The van der Waals surface area contributed by atoms with Crippen molar-refractivity contribution in [3.8, 4) is 0 Å². The van der Waals surface area contributed by atoms with Crippen LogP contribution < -0.4 is 0 Å². The number of likely N-dealkylation sites (tertiary alicyclic amines) is 2. The van der Waals surface area contributed by atoms with Crippen LogP contribution in [0.4, 0.5) is 0 Å². The van der Waals surface area contributed by atoms with E-state index < -0.39 is 24.0 Å². The summed E-state index contributed by atoms with van der Waals surface area (Å²) in [5.41, 5.74) is 0. The van der Waals surface area contributed by atoms with Gasteiger partial charge in [-0.2, -0.15) is 0 Å². The summed E-state index contributed by atoms with van der Waals surface area (Å²) in [4.78, 5) is 50.4. The van der Waals surface area contributed by atoms with Gasteiger partial charge in [0.25, 0.3) is 0 Å². The van der Waals surface area contributed by atoms with Crippen LogP contribution in [0.1, 0.15) is 39.5 Å². The molecule has 0 aliphatic carbocycles. The smallest absolute Gasteiger partial charge is 0.326 e. The second-order valence-corrected chi connectivity index (χ2v) is 9.98. The zero-order valence-electron chi connectivity index (χ0n) is 16.2. The maximum atomic E-state index is 12.5. The van der Waals surface area contributed by atoms with Crippen LogP contribution in [0.2, 0.25) is 0 Å². The third-order valence-corrected chi connectivity index (χ3v) is 7.96. The lowest BCUT2D eigenvalue weighted by Crippen LogP contribution is -2.43. The lowest BCUT2D eigenvalue weighted by atomic mass is 10.1. The van der Waals surface area contributed by atoms with E-state index in [0.29, 0.717) is 50.3 Å². The van der Waals surface area contributed by atoms with Gasteiger partial charge in [-0.25, -0.2) is 9.59 Å². The molecule has 2 rings (SSSR count). The summed E-state index contributed by atoms with van der Waals surface area (Å²) in [6.07, 6.45) is 2.43. The minimum absolute atomic E-state index is 0.136. The van der Waals surface area contributed by atoms with E-state index in [1.165, 1.54) is 31.4 Å². The van der Waals surface area contributed by atoms with Crippen molar-refractivity contribution in [2.45, 2.75) is 51.6 Å². The minimum atomic E-state index is -0.950. The molecule has 2 aliphatic heterocycles. The number of amides is 2. The Kier molecular flexibility index (Phi) is 8.48. The molecule has 2 fully saturated rings. The lowest BCUT2D eigenvalue weighted by molar-refractivity contribution is -0.149. The van der Waals surface area contributed by atoms with Crippen LogP contribution >= 0.6 is 21.6 Å². The Morgan fingerprint density at radius 1 is 0.821 bits per heavy atom. The number of hydrogen-bond donors (Lipinski definition) is 2. The fourth-order valence-corrected chi connectivity index (χ4v) is 6.27. The van der Waals surface area contributed by atoms with Crippen LogP contribution in [0.3, 0.4) is 0 Å². The molecule has 0 bridgehead atoms. The molecule has 2 N–H and O–H groups in total. The monoisotopic (exact) mass is 432 g/mol. The summed E-state index contributed by atoms with van der Waals surface area (Å²) in [5, 5.41) is 18.4. The molecule has 2 saturated heterocycles. The number of carboxylic acid groups (broad SMARTS) is 2. The van der Waals surface area contributed by atoms with Crippen LogP contribution in [-0.4, -0.2) is 80.4 Å². The predicted molar refractivity (Wildman–Crippen MR) is 108 cm³/mol. The second kappa shape index (κ2) is 10.4. The van der Waals surface area contributed by atoms with Crippen molar-refractivity contribution in [2.24, 2.45) is 11.8 Å². The van der Waals surface area contributed by atoms with Gasteiger partial charge in [-0.15, -0.1) is 0 Å². The number of carboxylic acids is 2. The standard InChI is InChI=1S/C18H28N2O6S2/c1-11(15(21)19-7-3-5-13(19)17(23)24)9-27-28-10-12(2)16(22)20-8-4-6-14(20)18(25)26/h11-14H,3-10H2,1-2H3,(H,23,24)(H,25,26)/t11-,12-,13-,14-/m1/s1. The number of aliphatic carboxylic acids is 2. The fraction of sp³-hybridized carbons (Fsp3) is 0.778. The van der Waals surface area contributed by atoms with E-state index in [2.05, 4.69) is 0 Å². The quantitative estimate of drug-likeness (QED) is 0.419. The Hall–Kier alpha value is -1.42. The van der Waals surface area contributed by atoms with E-state index in [0.717, 1.165) is 0 Å². The molecular formula is C18H28N2O6S2. The SMILES string of the molecule is C[C@H](CSSC[C@@H](C)C(=O)N1CCC[C@@H]1C(=O)O)C(=O)N1CCC[C@@H]1C(=O)O. The zero-order chi connectivity index (χ0) is 20.8. The first-order valence-electron chi connectivity index (χ1n) is 9.55. The van der Waals surface area contributed by atoms with Crippen molar-refractivity contribution >= 4 is 45.3 Å². The molecule has 2 aliphatic rings. The predicted octanol–water partition coefficient (Wildman–Crippen LogP) is 1.79. The molecule has 8 nitrogen and oxygen atoms in total. The maximum Gasteiger partial charge on any atom is 0.326 e. The number of carbonyl (C=O) groups excluding carboxylic acids is 2. The van der Waals surface area contributed by atoms with Gasteiger partial charge >= 0.3 is 11.9 Å². The van der Waals surface area contributed by atoms with Crippen LogP contribution in [0, 0.1) is 11.8 Å². The molecule has 28 heavy (non-hydrogen) atoms. The highest BCUT2D eigenvalue weighted by Crippen LogP contribution is 2.30. The Balaban J connectivity index is 1.73. The molecule has 158 valence electrons. The molecule has 2 heterocycles. The number of nitrogens with zero attached hydrogens (tertiary/aromatic N) is 2. The van der Waals surface area contributed by atoms with E-state index in [4.69, 9.17) is 0 Å². The summed E-state index contributed by atoms with van der Waals surface area (Å²) < 4.78 is 0. The second-order valence-electron chi connectivity index (χ2n) is 7.43. The van der Waals surface area contributed by atoms with Gasteiger partial charge in [0.1, 0.15) is 12.1 Å². The number of rotatable bonds is 9. The third-order valence-electron chi connectivity index (χ3n) is 5.20. The van der Waals surface area contributed by atoms with Gasteiger partial charge in [-0.3, -0.25) is 9.59 Å². The van der Waals surface area contributed by atoms with E-state index in [9.17, 15) is 29.4 Å². The summed E-state index contributed by atoms with van der Waals surface area (Å²) in [7, 11) is 2.98. The Morgan fingerprint density at radius 2 is 1.18 bits per heavy atom. The first kappa shape index (κ1) is 22.9. The number of hydrogen-bond acceptors (Lipinski definition) is 6. The molecule has 2 amide bonds. The molecular weight excluding hydrogens is 404 g/mol. The van der Waals surface area contributed by atoms with Gasteiger partial charge in [0.15, 0.2) is 0 Å². The third kappa shape index (κ3) is 5.56. The first-order chi connectivity index (χ1) is 13.2. The van der Waals surface area contributed by atoms with Crippen LogP contribution in [0.5, 0.6) is 0 Å². The zero-order valence-corrected chi connectivity index (χ0v) is 17.8. The summed E-state index contributed by atoms with van der Waals surface area (Å²) in [5.74, 6) is -1.68. The molecule has 0 aromatic carbocycles. The molecule has 0 aromatic rings. The van der Waals surface area contributed by atoms with Gasteiger partial charge in [-0.05, 0) is 25.7 Å². The Bertz CT molecular complexity index is 565. The summed E-state index contributed by atoms with van der Waals surface area (Å²) in [6.45, 7) is 4.57. The van der Waals surface area contributed by atoms with E-state index in [1.54, 1.807) is 13.8 Å². The van der Waals surface area contributed by atoms with Gasteiger partial charge < -0.3 is 20.0 Å². The highest BCUT2D eigenvalue weighted by Gasteiger charge is 2.37. The molecule has 0 saturated carbocycles. The van der Waals surface area contributed by atoms with Crippen molar-refractivity contribution in [1.82, 2.24) is 9.80 Å². The van der Waals surface area contributed by atoms with Crippen molar-refractivity contribution in [2.75, 3.05) is 24.6 Å². The van der Waals surface area contributed by atoms with Crippen molar-refractivity contribution in [3.05, 3.63) is 0 Å². The topological polar surface area (TPSA) is 115 Å². The van der Waals surface area contributed by atoms with Crippen molar-refractivity contribution < 1.29 is 29.4 Å². The molecule has 0 aromatic heterocycles. The minimum Gasteiger partial charge on any atom is -0.480 e. The lowest BCUT2D eigenvalue weighted by Gasteiger charge is -2.25. The first-order valence-corrected chi connectivity index (χ1v) is 12.0. The highest BCUT2D eigenvalue weighted by molar-refractivity contribution is 8.76.